The topological polar surface area (TPSA) is 72.5 Å². The Balaban J connectivity index is 1.69. The zero-order chi connectivity index (χ0) is 20.8. The smallest absolute Gasteiger partial charge is 0.274 e. The normalized spacial score (nSPS) is 10.3. The Hall–Kier alpha value is -3.54. The predicted octanol–water partition coefficient (Wildman–Crippen LogP) is 4.58. The van der Waals surface area contributed by atoms with Crippen LogP contribution in [0.2, 0.25) is 0 Å². The SMILES string of the molecule is COc1ccc(CNc2ccnc(C(=O)Nc3cccc(C)c3C)c2)cc1OC. The van der Waals surface area contributed by atoms with E-state index in [9.17, 15) is 4.79 Å². The van der Waals surface area contributed by atoms with Crippen molar-refractivity contribution < 1.29 is 14.3 Å². The van der Waals surface area contributed by atoms with Crippen molar-refractivity contribution >= 4 is 17.3 Å². The first kappa shape index (κ1) is 20.2. The number of hydrogen-bond donors (Lipinski definition) is 2. The summed E-state index contributed by atoms with van der Waals surface area (Å²) in [6.45, 7) is 4.57. The Bertz CT molecular complexity index is 1020. The highest BCUT2D eigenvalue weighted by Crippen LogP contribution is 2.28. The van der Waals surface area contributed by atoms with Crippen molar-refractivity contribution in [3.05, 3.63) is 77.1 Å². The number of hydrogen-bond acceptors (Lipinski definition) is 5. The van der Waals surface area contributed by atoms with Crippen LogP contribution in [0, 0.1) is 13.8 Å². The number of methoxy groups -OCH3 is 2. The van der Waals surface area contributed by atoms with Crippen molar-refractivity contribution in [2.24, 2.45) is 0 Å². The maximum absolute atomic E-state index is 12.6. The van der Waals surface area contributed by atoms with Gasteiger partial charge in [0.05, 0.1) is 14.2 Å². The zero-order valence-corrected chi connectivity index (χ0v) is 17.1. The minimum atomic E-state index is -0.242. The summed E-state index contributed by atoms with van der Waals surface area (Å²) in [4.78, 5) is 16.8. The number of carbonyl (C=O) groups is 1. The number of rotatable bonds is 7. The van der Waals surface area contributed by atoms with Crippen molar-refractivity contribution in [2.75, 3.05) is 24.9 Å². The van der Waals surface area contributed by atoms with E-state index < -0.39 is 0 Å². The summed E-state index contributed by atoms with van der Waals surface area (Å²) >= 11 is 0. The molecule has 0 saturated heterocycles. The number of carbonyl (C=O) groups excluding carboxylic acids is 1. The number of ether oxygens (including phenoxy) is 2. The minimum Gasteiger partial charge on any atom is -0.493 e. The Morgan fingerprint density at radius 1 is 1.00 bits per heavy atom. The largest absolute Gasteiger partial charge is 0.493 e. The molecule has 0 aliphatic rings. The third-order valence-electron chi connectivity index (χ3n) is 4.79. The number of benzene rings is 2. The van der Waals surface area contributed by atoms with Gasteiger partial charge in [0.1, 0.15) is 5.69 Å². The van der Waals surface area contributed by atoms with Gasteiger partial charge in [-0.15, -0.1) is 0 Å². The summed E-state index contributed by atoms with van der Waals surface area (Å²) in [5, 5.41) is 6.25. The Morgan fingerprint density at radius 3 is 2.55 bits per heavy atom. The van der Waals surface area contributed by atoms with E-state index in [1.54, 1.807) is 26.5 Å². The third-order valence-corrected chi connectivity index (χ3v) is 4.79. The molecule has 3 rings (SSSR count). The molecule has 2 N–H and O–H groups in total. The second-order valence-electron chi connectivity index (χ2n) is 6.67. The van der Waals surface area contributed by atoms with Crippen molar-refractivity contribution in [2.45, 2.75) is 20.4 Å². The first-order valence-corrected chi connectivity index (χ1v) is 9.30. The van der Waals surface area contributed by atoms with Crippen molar-refractivity contribution in [1.82, 2.24) is 4.98 Å². The number of pyridine rings is 1. The molecule has 0 aliphatic carbocycles. The molecule has 29 heavy (non-hydrogen) atoms. The van der Waals surface area contributed by atoms with E-state index in [2.05, 4.69) is 15.6 Å². The van der Waals surface area contributed by atoms with Crippen molar-refractivity contribution in [1.29, 1.82) is 0 Å². The summed E-state index contributed by atoms with van der Waals surface area (Å²) in [6, 6.07) is 15.1. The second-order valence-corrected chi connectivity index (χ2v) is 6.67. The summed E-state index contributed by atoms with van der Waals surface area (Å²) in [5.41, 5.74) is 5.15. The molecule has 1 amide bonds. The molecule has 0 radical (unpaired) electrons. The number of anilines is 2. The summed E-state index contributed by atoms with van der Waals surface area (Å²) in [7, 11) is 3.22. The van der Waals surface area contributed by atoms with Crippen LogP contribution >= 0.6 is 0 Å². The maximum atomic E-state index is 12.6. The van der Waals surface area contributed by atoms with Crippen LogP contribution in [0.15, 0.2) is 54.7 Å². The van der Waals surface area contributed by atoms with Crippen molar-refractivity contribution in [3.8, 4) is 11.5 Å². The van der Waals surface area contributed by atoms with Gasteiger partial charge in [-0.25, -0.2) is 0 Å². The fourth-order valence-corrected chi connectivity index (χ4v) is 2.93. The first-order valence-electron chi connectivity index (χ1n) is 9.30. The van der Waals surface area contributed by atoms with E-state index in [4.69, 9.17) is 9.47 Å². The van der Waals surface area contributed by atoms with E-state index in [0.29, 0.717) is 23.7 Å². The molecule has 1 aromatic heterocycles. The molecule has 0 spiro atoms. The molecule has 3 aromatic rings. The standard InChI is InChI=1S/C23H25N3O3/c1-15-6-5-7-19(16(15)2)26-23(27)20-13-18(10-11-24-20)25-14-17-8-9-21(28-3)22(12-17)29-4/h5-13H,14H2,1-4H3,(H,24,25)(H,26,27). The van der Waals surface area contributed by atoms with Crippen LogP contribution in [0.4, 0.5) is 11.4 Å². The van der Waals surface area contributed by atoms with Gasteiger partial charge < -0.3 is 20.1 Å². The zero-order valence-electron chi connectivity index (χ0n) is 17.1. The third kappa shape index (κ3) is 4.85. The highest BCUT2D eigenvalue weighted by Gasteiger charge is 2.11. The Kier molecular flexibility index (Phi) is 6.34. The quantitative estimate of drug-likeness (QED) is 0.617. The van der Waals surface area contributed by atoms with E-state index in [1.807, 2.05) is 56.3 Å². The molecule has 6 heteroatoms. The van der Waals surface area contributed by atoms with Crippen LogP contribution in [0.3, 0.4) is 0 Å². The molecule has 0 saturated carbocycles. The van der Waals surface area contributed by atoms with E-state index >= 15 is 0 Å². The number of aromatic nitrogens is 1. The monoisotopic (exact) mass is 391 g/mol. The molecule has 0 unspecified atom stereocenters. The fraction of sp³-hybridized carbons (Fsp3) is 0.217. The lowest BCUT2D eigenvalue weighted by Crippen LogP contribution is -2.15. The molecule has 0 aliphatic heterocycles. The molecular weight excluding hydrogens is 366 g/mol. The molecule has 0 bridgehead atoms. The van der Waals surface area contributed by atoms with Gasteiger partial charge >= 0.3 is 0 Å². The molecule has 0 atom stereocenters. The second kappa shape index (κ2) is 9.10. The van der Waals surface area contributed by atoms with Crippen LogP contribution in [-0.2, 0) is 6.54 Å². The molecule has 2 aromatic carbocycles. The lowest BCUT2D eigenvalue weighted by atomic mass is 10.1. The molecular formula is C23H25N3O3. The van der Waals surface area contributed by atoms with Crippen LogP contribution in [0.5, 0.6) is 11.5 Å². The lowest BCUT2D eigenvalue weighted by Gasteiger charge is -2.12. The van der Waals surface area contributed by atoms with Crippen LogP contribution in [0.1, 0.15) is 27.2 Å². The number of aryl methyl sites for hydroxylation is 1. The summed E-state index contributed by atoms with van der Waals surface area (Å²) < 4.78 is 10.6. The number of nitrogens with zero attached hydrogens (tertiary/aromatic N) is 1. The van der Waals surface area contributed by atoms with Gasteiger partial charge in [-0.3, -0.25) is 9.78 Å². The molecule has 0 fully saturated rings. The maximum Gasteiger partial charge on any atom is 0.274 e. The van der Waals surface area contributed by atoms with Gasteiger partial charge in [0, 0.05) is 24.1 Å². The Morgan fingerprint density at radius 2 is 1.79 bits per heavy atom. The first-order chi connectivity index (χ1) is 14.0. The fourth-order valence-electron chi connectivity index (χ4n) is 2.93. The van der Waals surface area contributed by atoms with Gasteiger partial charge in [0.2, 0.25) is 0 Å². The van der Waals surface area contributed by atoms with Gasteiger partial charge in [0.15, 0.2) is 11.5 Å². The predicted molar refractivity (Wildman–Crippen MR) is 115 cm³/mol. The Labute approximate surface area is 170 Å². The highest BCUT2D eigenvalue weighted by atomic mass is 16.5. The average Bonchev–Trinajstić information content (AvgIpc) is 2.75. The highest BCUT2D eigenvalue weighted by molar-refractivity contribution is 6.03. The van der Waals surface area contributed by atoms with E-state index in [0.717, 1.165) is 28.1 Å². The minimum absolute atomic E-state index is 0.242. The van der Waals surface area contributed by atoms with Crippen LogP contribution in [-0.4, -0.2) is 25.1 Å². The molecule has 1 heterocycles. The van der Waals surface area contributed by atoms with Gasteiger partial charge in [0.25, 0.3) is 5.91 Å². The molecule has 6 nitrogen and oxygen atoms in total. The lowest BCUT2D eigenvalue weighted by molar-refractivity contribution is 0.102. The van der Waals surface area contributed by atoms with Crippen LogP contribution < -0.4 is 20.1 Å². The summed E-state index contributed by atoms with van der Waals surface area (Å²) in [6.07, 6.45) is 1.62. The van der Waals surface area contributed by atoms with Crippen LogP contribution in [0.25, 0.3) is 0 Å². The molecule has 150 valence electrons. The van der Waals surface area contributed by atoms with Gasteiger partial charge in [-0.2, -0.15) is 0 Å². The van der Waals surface area contributed by atoms with Gasteiger partial charge in [-0.05, 0) is 60.9 Å². The number of nitrogens with one attached hydrogen (secondary N) is 2. The average molecular weight is 391 g/mol. The summed E-state index contributed by atoms with van der Waals surface area (Å²) in [5.74, 6) is 1.12. The van der Waals surface area contributed by atoms with E-state index in [1.165, 1.54) is 0 Å². The van der Waals surface area contributed by atoms with Gasteiger partial charge in [-0.1, -0.05) is 18.2 Å². The van der Waals surface area contributed by atoms with Crippen molar-refractivity contribution in [3.63, 3.8) is 0 Å². The van der Waals surface area contributed by atoms with E-state index in [-0.39, 0.29) is 5.91 Å². The number of amides is 1.